The van der Waals surface area contributed by atoms with E-state index in [0.29, 0.717) is 0 Å². The van der Waals surface area contributed by atoms with E-state index >= 15 is 0 Å². The minimum Gasteiger partial charge on any atom is -0.481 e. The van der Waals surface area contributed by atoms with E-state index in [1.807, 2.05) is 0 Å². The van der Waals surface area contributed by atoms with Crippen molar-refractivity contribution >= 4 is 27.6 Å². The summed E-state index contributed by atoms with van der Waals surface area (Å²) in [6.07, 6.45) is -1.15. The first-order valence-corrected chi connectivity index (χ1v) is 7.31. The topological polar surface area (TPSA) is 92.7 Å². The number of ether oxygens (including phenoxy) is 1. The van der Waals surface area contributed by atoms with E-state index in [0.717, 1.165) is 18.2 Å². The minimum atomic E-state index is -3.91. The first kappa shape index (κ1) is 16.8. The monoisotopic (exact) mass is 325 g/mol. The van der Waals surface area contributed by atoms with Crippen LogP contribution >= 0.6 is 11.6 Å². The van der Waals surface area contributed by atoms with Crippen molar-refractivity contribution in [3.63, 3.8) is 0 Å². The molecule has 0 saturated carbocycles. The molecule has 0 aromatic heterocycles. The molecule has 6 nitrogen and oxygen atoms in total. The first-order chi connectivity index (χ1) is 9.26. The molecule has 0 aliphatic carbocycles. The van der Waals surface area contributed by atoms with Crippen molar-refractivity contribution in [1.82, 2.24) is 4.72 Å². The van der Waals surface area contributed by atoms with E-state index in [4.69, 9.17) is 21.4 Å². The number of carbonyl (C=O) groups is 1. The fourth-order valence-electron chi connectivity index (χ4n) is 1.36. The number of hydrogen-bond donors (Lipinski definition) is 2. The van der Waals surface area contributed by atoms with Gasteiger partial charge in [0.2, 0.25) is 10.0 Å². The molecule has 0 radical (unpaired) electrons. The van der Waals surface area contributed by atoms with Crippen molar-refractivity contribution in [1.29, 1.82) is 0 Å². The summed E-state index contributed by atoms with van der Waals surface area (Å²) in [6.45, 7) is -0.222. The van der Waals surface area contributed by atoms with E-state index in [1.54, 1.807) is 0 Å². The molecule has 0 aliphatic rings. The maximum atomic E-state index is 13.0. The van der Waals surface area contributed by atoms with Gasteiger partial charge in [0.25, 0.3) is 0 Å². The zero-order valence-corrected chi connectivity index (χ0v) is 12.0. The second kappa shape index (κ2) is 6.98. The van der Waals surface area contributed by atoms with Crippen LogP contribution in [-0.4, -0.2) is 39.3 Å². The summed E-state index contributed by atoms with van der Waals surface area (Å²) in [4.78, 5) is 10.3. The van der Waals surface area contributed by atoms with Gasteiger partial charge in [-0.1, -0.05) is 11.6 Å². The van der Waals surface area contributed by atoms with Crippen LogP contribution in [0.15, 0.2) is 23.1 Å². The molecule has 1 unspecified atom stereocenters. The molecule has 0 aliphatic heterocycles. The maximum absolute atomic E-state index is 13.0. The van der Waals surface area contributed by atoms with Crippen molar-refractivity contribution in [3.05, 3.63) is 29.0 Å². The molecule has 0 heterocycles. The van der Waals surface area contributed by atoms with Gasteiger partial charge in [0, 0.05) is 13.7 Å². The molecule has 0 fully saturated rings. The van der Waals surface area contributed by atoms with Gasteiger partial charge in [0.15, 0.2) is 0 Å². The van der Waals surface area contributed by atoms with Crippen LogP contribution in [0.3, 0.4) is 0 Å². The number of carboxylic acids is 1. The predicted octanol–water partition coefficient (Wildman–Crippen LogP) is 1.25. The second-order valence-corrected chi connectivity index (χ2v) is 6.06. The lowest BCUT2D eigenvalue weighted by atomic mass is 10.2. The standard InChI is InChI=1S/C11H13ClFNO5S/c1-19-7(4-11(15)16)6-14-20(17,18)8-2-3-10(13)9(12)5-8/h2-3,5,7,14H,4,6H2,1H3,(H,15,16). The Hall–Kier alpha value is -1.22. The van der Waals surface area contributed by atoms with Gasteiger partial charge in [-0.25, -0.2) is 17.5 Å². The van der Waals surface area contributed by atoms with E-state index in [1.165, 1.54) is 7.11 Å². The van der Waals surface area contributed by atoms with Crippen LogP contribution in [0.25, 0.3) is 0 Å². The summed E-state index contributed by atoms with van der Waals surface area (Å²) < 4.78 is 43.8. The maximum Gasteiger partial charge on any atom is 0.306 e. The molecule has 0 bridgehead atoms. The lowest BCUT2D eigenvalue weighted by Crippen LogP contribution is -2.34. The number of halogens is 2. The Kier molecular flexibility index (Phi) is 5.88. The van der Waals surface area contributed by atoms with Crippen LogP contribution < -0.4 is 4.72 Å². The smallest absolute Gasteiger partial charge is 0.306 e. The highest BCUT2D eigenvalue weighted by atomic mass is 35.5. The van der Waals surface area contributed by atoms with Crippen LogP contribution in [0.1, 0.15) is 6.42 Å². The minimum absolute atomic E-state index is 0.214. The van der Waals surface area contributed by atoms with Gasteiger partial charge in [-0.05, 0) is 18.2 Å². The van der Waals surface area contributed by atoms with E-state index in [-0.39, 0.29) is 22.9 Å². The highest BCUT2D eigenvalue weighted by molar-refractivity contribution is 7.89. The van der Waals surface area contributed by atoms with Gasteiger partial charge in [-0.3, -0.25) is 4.79 Å². The van der Waals surface area contributed by atoms with Crippen molar-refractivity contribution in [2.45, 2.75) is 17.4 Å². The van der Waals surface area contributed by atoms with Gasteiger partial charge in [-0.15, -0.1) is 0 Å². The molecule has 1 rings (SSSR count). The Bertz CT molecular complexity index is 592. The highest BCUT2D eigenvalue weighted by Gasteiger charge is 2.19. The third kappa shape index (κ3) is 4.71. The van der Waals surface area contributed by atoms with Crippen molar-refractivity contribution in [2.24, 2.45) is 0 Å². The molecule has 0 saturated heterocycles. The molecule has 2 N–H and O–H groups in total. The van der Waals surface area contributed by atoms with Crippen LogP contribution in [-0.2, 0) is 19.6 Å². The molecule has 0 spiro atoms. The average molecular weight is 326 g/mol. The number of rotatable bonds is 7. The Labute approximate surface area is 120 Å². The molecular weight excluding hydrogens is 313 g/mol. The zero-order valence-electron chi connectivity index (χ0n) is 10.5. The summed E-state index contributed by atoms with van der Waals surface area (Å²) in [7, 11) is -2.64. The third-order valence-electron chi connectivity index (χ3n) is 2.44. The van der Waals surface area contributed by atoms with Crippen LogP contribution in [0, 0.1) is 5.82 Å². The number of aliphatic carboxylic acids is 1. The molecule has 1 aromatic carbocycles. The van der Waals surface area contributed by atoms with Gasteiger partial charge in [-0.2, -0.15) is 0 Å². The zero-order chi connectivity index (χ0) is 15.3. The second-order valence-electron chi connectivity index (χ2n) is 3.88. The van der Waals surface area contributed by atoms with Crippen LogP contribution in [0.2, 0.25) is 5.02 Å². The summed E-state index contributed by atoms with van der Waals surface area (Å²) in [5, 5.41) is 8.29. The number of nitrogens with one attached hydrogen (secondary N) is 1. The number of hydrogen-bond acceptors (Lipinski definition) is 4. The predicted molar refractivity (Wildman–Crippen MR) is 69.6 cm³/mol. The van der Waals surface area contributed by atoms with Gasteiger partial charge in [0.05, 0.1) is 22.4 Å². The Morgan fingerprint density at radius 3 is 2.70 bits per heavy atom. The molecule has 9 heteroatoms. The van der Waals surface area contributed by atoms with Gasteiger partial charge >= 0.3 is 5.97 Å². The Balaban J connectivity index is 2.79. The van der Waals surface area contributed by atoms with E-state index in [2.05, 4.69) is 4.72 Å². The summed E-state index contributed by atoms with van der Waals surface area (Å²) in [6, 6.07) is 2.96. The van der Waals surface area contributed by atoms with E-state index < -0.39 is 27.9 Å². The van der Waals surface area contributed by atoms with Gasteiger partial charge < -0.3 is 9.84 Å². The first-order valence-electron chi connectivity index (χ1n) is 5.45. The van der Waals surface area contributed by atoms with Crippen molar-refractivity contribution < 1.29 is 27.4 Å². The summed E-state index contributed by atoms with van der Waals surface area (Å²) in [5.74, 6) is -1.84. The third-order valence-corrected chi connectivity index (χ3v) is 4.15. The lowest BCUT2D eigenvalue weighted by molar-refractivity contribution is -0.139. The highest BCUT2D eigenvalue weighted by Crippen LogP contribution is 2.19. The average Bonchev–Trinajstić information content (AvgIpc) is 2.37. The van der Waals surface area contributed by atoms with Gasteiger partial charge in [0.1, 0.15) is 5.82 Å². The van der Waals surface area contributed by atoms with Crippen LogP contribution in [0.5, 0.6) is 0 Å². The molecule has 112 valence electrons. The largest absolute Gasteiger partial charge is 0.481 e. The molecular formula is C11H13ClFNO5S. The Morgan fingerprint density at radius 1 is 1.55 bits per heavy atom. The quantitative estimate of drug-likeness (QED) is 0.787. The summed E-state index contributed by atoms with van der Waals surface area (Å²) >= 11 is 5.51. The number of benzene rings is 1. The fraction of sp³-hybridized carbons (Fsp3) is 0.364. The van der Waals surface area contributed by atoms with Crippen LogP contribution in [0.4, 0.5) is 4.39 Å². The van der Waals surface area contributed by atoms with E-state index in [9.17, 15) is 17.6 Å². The molecule has 1 atom stereocenters. The fourth-order valence-corrected chi connectivity index (χ4v) is 2.70. The number of sulfonamides is 1. The SMILES string of the molecule is COC(CNS(=O)(=O)c1ccc(F)c(Cl)c1)CC(=O)O. The number of carboxylic acid groups (broad SMARTS) is 1. The van der Waals surface area contributed by atoms with Crippen molar-refractivity contribution in [3.8, 4) is 0 Å². The summed E-state index contributed by atoms with van der Waals surface area (Å²) in [5.41, 5.74) is 0. The Morgan fingerprint density at radius 2 is 2.20 bits per heavy atom. The number of methoxy groups -OCH3 is 1. The lowest BCUT2D eigenvalue weighted by Gasteiger charge is -2.14. The molecule has 0 amide bonds. The van der Waals surface area contributed by atoms with Crippen molar-refractivity contribution in [2.75, 3.05) is 13.7 Å². The normalized spacial score (nSPS) is 13.2. The molecule has 20 heavy (non-hydrogen) atoms. The molecule has 1 aromatic rings.